The number of amides is 1. The molecule has 29 heavy (non-hydrogen) atoms. The summed E-state index contributed by atoms with van der Waals surface area (Å²) < 4.78 is 27.2. The maximum atomic E-state index is 12.9. The van der Waals surface area contributed by atoms with Crippen LogP contribution in [0.25, 0.3) is 0 Å². The van der Waals surface area contributed by atoms with Gasteiger partial charge in [0.15, 0.2) is 0 Å². The molecular weight excluding hydrogens is 451 g/mol. The number of nitrogens with one attached hydrogen (secondary N) is 1. The summed E-state index contributed by atoms with van der Waals surface area (Å²) in [5.74, 6) is -0.766. The Morgan fingerprint density at radius 3 is 2.76 bits per heavy atom. The molecular formula is C20H22Cl2N2O3S2. The molecule has 156 valence electrons. The molecule has 0 radical (unpaired) electrons. The van der Waals surface area contributed by atoms with Crippen molar-refractivity contribution < 1.29 is 13.2 Å². The van der Waals surface area contributed by atoms with Gasteiger partial charge in [0.25, 0.3) is 0 Å². The van der Waals surface area contributed by atoms with Crippen molar-refractivity contribution >= 4 is 56.6 Å². The summed E-state index contributed by atoms with van der Waals surface area (Å²) in [7, 11) is -3.60. The van der Waals surface area contributed by atoms with Crippen LogP contribution in [0.5, 0.6) is 0 Å². The van der Waals surface area contributed by atoms with Crippen molar-refractivity contribution in [1.82, 2.24) is 4.31 Å². The lowest BCUT2D eigenvalue weighted by Gasteiger charge is -2.31. The Kier molecular flexibility index (Phi) is 7.51. The summed E-state index contributed by atoms with van der Waals surface area (Å²) in [5, 5.41) is 3.69. The van der Waals surface area contributed by atoms with E-state index in [1.165, 1.54) is 10.4 Å². The number of rotatable bonds is 6. The minimum atomic E-state index is -3.60. The highest BCUT2D eigenvalue weighted by Gasteiger charge is 2.32. The fourth-order valence-corrected chi connectivity index (χ4v) is 5.94. The highest BCUT2D eigenvalue weighted by molar-refractivity contribution is 7.98. The minimum absolute atomic E-state index is 0.160. The van der Waals surface area contributed by atoms with Crippen LogP contribution >= 0.6 is 35.0 Å². The average molecular weight is 473 g/mol. The van der Waals surface area contributed by atoms with Crippen LogP contribution in [-0.2, 0) is 20.6 Å². The number of nitrogens with zero attached hydrogens (tertiary/aromatic N) is 1. The van der Waals surface area contributed by atoms with Crippen LogP contribution in [0.4, 0.5) is 5.69 Å². The molecule has 0 spiro atoms. The topological polar surface area (TPSA) is 66.5 Å². The third-order valence-corrected chi connectivity index (χ3v) is 7.95. The Balaban J connectivity index is 1.68. The molecule has 0 saturated carbocycles. The number of carbonyl (C=O) groups excluding carboxylic acids is 1. The molecule has 1 N–H and O–H groups in total. The fourth-order valence-electron chi connectivity index (χ4n) is 3.28. The second-order valence-corrected chi connectivity index (χ2v) is 10.6. The van der Waals surface area contributed by atoms with E-state index in [2.05, 4.69) is 5.32 Å². The number of carbonyl (C=O) groups is 1. The zero-order valence-corrected chi connectivity index (χ0v) is 19.0. The molecule has 3 rings (SSSR count). The molecule has 9 heteroatoms. The predicted octanol–water partition coefficient (Wildman–Crippen LogP) is 4.90. The number of thioether (sulfide) groups is 1. The second kappa shape index (κ2) is 9.71. The number of hydrogen-bond acceptors (Lipinski definition) is 4. The van der Waals surface area contributed by atoms with E-state index in [-0.39, 0.29) is 18.2 Å². The van der Waals surface area contributed by atoms with Crippen molar-refractivity contribution in [2.24, 2.45) is 5.92 Å². The average Bonchev–Trinajstić information content (AvgIpc) is 2.70. The van der Waals surface area contributed by atoms with E-state index in [1.807, 2.05) is 30.5 Å². The zero-order valence-electron chi connectivity index (χ0n) is 15.9. The van der Waals surface area contributed by atoms with Crippen molar-refractivity contribution in [1.29, 1.82) is 0 Å². The first-order valence-electron chi connectivity index (χ1n) is 9.15. The number of sulfonamides is 1. The van der Waals surface area contributed by atoms with Crippen molar-refractivity contribution in [2.75, 3.05) is 24.7 Å². The summed E-state index contributed by atoms with van der Waals surface area (Å²) >= 11 is 13.6. The summed E-state index contributed by atoms with van der Waals surface area (Å²) in [6, 6.07) is 12.4. The SMILES string of the molecule is CSc1cccc(NC(=O)C2CCCN(S(=O)(=O)Cc3ccc(Cl)cc3Cl)C2)c1. The maximum Gasteiger partial charge on any atom is 0.228 e. The molecule has 5 nitrogen and oxygen atoms in total. The van der Waals surface area contributed by atoms with Gasteiger partial charge in [-0.1, -0.05) is 35.3 Å². The summed E-state index contributed by atoms with van der Waals surface area (Å²) in [6.07, 6.45) is 3.26. The van der Waals surface area contributed by atoms with Crippen molar-refractivity contribution in [3.8, 4) is 0 Å². The lowest BCUT2D eigenvalue weighted by atomic mass is 9.99. The first-order valence-corrected chi connectivity index (χ1v) is 12.7. The van der Waals surface area contributed by atoms with Gasteiger partial charge in [0, 0.05) is 33.7 Å². The molecule has 2 aromatic rings. The van der Waals surface area contributed by atoms with Gasteiger partial charge in [0.1, 0.15) is 0 Å². The van der Waals surface area contributed by atoms with Crippen LogP contribution < -0.4 is 5.32 Å². The Hall–Kier alpha value is -1.25. The molecule has 1 amide bonds. The van der Waals surface area contributed by atoms with Crippen LogP contribution in [0.1, 0.15) is 18.4 Å². The number of benzene rings is 2. The maximum absolute atomic E-state index is 12.9. The monoisotopic (exact) mass is 472 g/mol. The molecule has 1 fully saturated rings. The van der Waals surface area contributed by atoms with Gasteiger partial charge in [-0.2, -0.15) is 0 Å². The molecule has 1 atom stereocenters. The Morgan fingerprint density at radius 2 is 2.03 bits per heavy atom. The first-order chi connectivity index (χ1) is 13.8. The van der Waals surface area contributed by atoms with E-state index in [0.717, 1.165) is 10.6 Å². The fraction of sp³-hybridized carbons (Fsp3) is 0.350. The Labute approximate surface area is 185 Å². The van der Waals surface area contributed by atoms with Gasteiger partial charge in [0.2, 0.25) is 15.9 Å². The van der Waals surface area contributed by atoms with Crippen molar-refractivity contribution in [3.63, 3.8) is 0 Å². The smallest absolute Gasteiger partial charge is 0.228 e. The van der Waals surface area contributed by atoms with E-state index >= 15 is 0 Å². The normalized spacial score (nSPS) is 17.8. The quantitative estimate of drug-likeness (QED) is 0.607. The molecule has 0 aliphatic carbocycles. The zero-order chi connectivity index (χ0) is 21.0. The van der Waals surface area contributed by atoms with Crippen molar-refractivity contribution in [3.05, 3.63) is 58.1 Å². The number of halogens is 2. The third kappa shape index (κ3) is 5.89. The molecule has 1 heterocycles. The van der Waals surface area contributed by atoms with E-state index in [1.54, 1.807) is 23.9 Å². The molecule has 1 aliphatic rings. The largest absolute Gasteiger partial charge is 0.326 e. The molecule has 0 aromatic heterocycles. The highest BCUT2D eigenvalue weighted by Crippen LogP contribution is 2.27. The van der Waals surface area contributed by atoms with Crippen molar-refractivity contribution in [2.45, 2.75) is 23.5 Å². The van der Waals surface area contributed by atoms with Gasteiger partial charge in [-0.25, -0.2) is 12.7 Å². The summed E-state index contributed by atoms with van der Waals surface area (Å²) in [6.45, 7) is 0.570. The number of hydrogen-bond donors (Lipinski definition) is 1. The molecule has 1 aliphatic heterocycles. The number of anilines is 1. The first kappa shape index (κ1) is 22.4. The summed E-state index contributed by atoms with van der Waals surface area (Å²) in [4.78, 5) is 13.8. The lowest BCUT2D eigenvalue weighted by Crippen LogP contribution is -2.44. The second-order valence-electron chi connectivity index (χ2n) is 6.91. The van der Waals surface area contributed by atoms with Gasteiger partial charge in [-0.05, 0) is 55.0 Å². The van der Waals surface area contributed by atoms with E-state index in [4.69, 9.17) is 23.2 Å². The summed E-state index contributed by atoms with van der Waals surface area (Å²) in [5.41, 5.74) is 1.21. The Bertz CT molecular complexity index is 999. The standard InChI is InChI=1S/C20H22Cl2N2O3S2/c1-28-18-6-2-5-17(11-18)23-20(25)14-4-3-9-24(12-14)29(26,27)13-15-7-8-16(21)10-19(15)22/h2,5-8,10-11,14H,3-4,9,12-13H2,1H3,(H,23,25). The van der Waals surface area contributed by atoms with Gasteiger partial charge >= 0.3 is 0 Å². The van der Waals surface area contributed by atoms with Gasteiger partial charge in [-0.15, -0.1) is 11.8 Å². The molecule has 2 aromatic carbocycles. The number of piperidine rings is 1. The minimum Gasteiger partial charge on any atom is -0.326 e. The highest BCUT2D eigenvalue weighted by atomic mass is 35.5. The van der Waals surface area contributed by atoms with Crippen LogP contribution in [0.2, 0.25) is 10.0 Å². The molecule has 0 bridgehead atoms. The van der Waals surface area contributed by atoms with Gasteiger partial charge < -0.3 is 5.32 Å². The van der Waals surface area contributed by atoms with E-state index in [0.29, 0.717) is 35.0 Å². The third-order valence-electron chi connectivity index (χ3n) is 4.84. The van der Waals surface area contributed by atoms with Gasteiger partial charge in [0.05, 0.1) is 11.7 Å². The van der Waals surface area contributed by atoms with Gasteiger partial charge in [-0.3, -0.25) is 4.79 Å². The molecule has 1 unspecified atom stereocenters. The van der Waals surface area contributed by atoms with Crippen LogP contribution in [0.3, 0.4) is 0 Å². The predicted molar refractivity (Wildman–Crippen MR) is 120 cm³/mol. The van der Waals surface area contributed by atoms with E-state index < -0.39 is 15.9 Å². The van der Waals surface area contributed by atoms with Crippen LogP contribution in [0.15, 0.2) is 47.4 Å². The van der Waals surface area contributed by atoms with Crippen LogP contribution in [0, 0.1) is 5.92 Å². The molecule has 1 saturated heterocycles. The van der Waals surface area contributed by atoms with E-state index in [9.17, 15) is 13.2 Å². The van der Waals surface area contributed by atoms with Crippen LogP contribution in [-0.4, -0.2) is 38.0 Å². The Morgan fingerprint density at radius 1 is 1.24 bits per heavy atom. The lowest BCUT2D eigenvalue weighted by molar-refractivity contribution is -0.120.